The first-order valence-corrected chi connectivity index (χ1v) is 6.96. The van der Waals surface area contributed by atoms with Crippen molar-refractivity contribution >= 4 is 17.0 Å². The Bertz CT molecular complexity index is 647. The molecule has 3 rings (SSSR count). The molecule has 1 N–H and O–H groups in total. The fourth-order valence-electron chi connectivity index (χ4n) is 2.74. The summed E-state index contributed by atoms with van der Waals surface area (Å²) >= 11 is 0. The number of likely N-dealkylation sites (N-methyl/N-ethyl adjacent to an activating group) is 1. The molecule has 0 atom stereocenters. The topological polar surface area (TPSA) is 62.0 Å². The summed E-state index contributed by atoms with van der Waals surface area (Å²) in [6, 6.07) is 4.04. The zero-order chi connectivity index (χ0) is 14.1. The zero-order valence-corrected chi connectivity index (χ0v) is 11.9. The summed E-state index contributed by atoms with van der Waals surface area (Å²) < 4.78 is 1.89. The van der Waals surface area contributed by atoms with Crippen molar-refractivity contribution in [2.75, 3.05) is 32.5 Å². The van der Waals surface area contributed by atoms with Gasteiger partial charge in [0.2, 0.25) is 0 Å². The first-order valence-electron chi connectivity index (χ1n) is 6.96. The first-order chi connectivity index (χ1) is 9.70. The van der Waals surface area contributed by atoms with E-state index in [0.717, 1.165) is 37.9 Å². The van der Waals surface area contributed by atoms with Gasteiger partial charge in [-0.15, -0.1) is 10.0 Å². The summed E-state index contributed by atoms with van der Waals surface area (Å²) in [6.45, 7) is 1.62. The van der Waals surface area contributed by atoms with E-state index in [1.165, 1.54) is 11.3 Å². The highest BCUT2D eigenvalue weighted by molar-refractivity contribution is 5.80. The van der Waals surface area contributed by atoms with Gasteiger partial charge in [0.15, 0.2) is 11.5 Å². The van der Waals surface area contributed by atoms with Crippen LogP contribution < -0.4 is 5.32 Å². The van der Waals surface area contributed by atoms with Gasteiger partial charge in [0.1, 0.15) is 0 Å². The number of hydrogen-bond acceptors (Lipinski definition) is 5. The average Bonchev–Trinajstić information content (AvgIpc) is 3.00. The Morgan fingerprint density at radius 3 is 3.00 bits per heavy atom. The normalized spacial score (nSPS) is 13.9. The number of nitrogens with one attached hydrogen (secondary N) is 1. The van der Waals surface area contributed by atoms with Gasteiger partial charge in [0.25, 0.3) is 0 Å². The lowest BCUT2D eigenvalue weighted by atomic mass is 10.2. The number of hydrogen-bond donors (Lipinski definition) is 1. The molecule has 0 fully saturated rings. The molecular formula is C14H19N5O. The fraction of sp³-hybridized carbons (Fsp3) is 0.500. The molecule has 0 unspecified atom stereocenters. The maximum atomic E-state index is 11.1. The predicted molar refractivity (Wildman–Crippen MR) is 79.7 cm³/mol. The lowest BCUT2D eigenvalue weighted by Gasteiger charge is -2.09. The molecule has 2 aromatic rings. The van der Waals surface area contributed by atoms with E-state index in [4.69, 9.17) is 0 Å². The Morgan fingerprint density at radius 2 is 2.25 bits per heavy atom. The van der Waals surface area contributed by atoms with Gasteiger partial charge in [-0.1, -0.05) is 6.07 Å². The number of fused-ring (bicyclic) bond motifs is 3. The van der Waals surface area contributed by atoms with E-state index in [0.29, 0.717) is 11.5 Å². The molecule has 6 nitrogen and oxygen atoms in total. The van der Waals surface area contributed by atoms with Gasteiger partial charge in [0, 0.05) is 18.8 Å². The van der Waals surface area contributed by atoms with Crippen molar-refractivity contribution in [3.63, 3.8) is 0 Å². The Balaban J connectivity index is 1.98. The van der Waals surface area contributed by atoms with Crippen LogP contribution in [0.1, 0.15) is 17.7 Å². The second kappa shape index (κ2) is 5.20. The highest BCUT2D eigenvalue weighted by atomic mass is 16.3. The Kier molecular flexibility index (Phi) is 3.40. The third-order valence-electron chi connectivity index (χ3n) is 3.77. The van der Waals surface area contributed by atoms with Crippen LogP contribution in [0.4, 0.5) is 11.5 Å². The van der Waals surface area contributed by atoms with E-state index in [1.807, 2.05) is 24.7 Å². The number of nitroso groups, excluding NO2 is 1. The van der Waals surface area contributed by atoms with Crippen LogP contribution in [0, 0.1) is 4.91 Å². The Hall–Kier alpha value is -1.95. The number of aryl methyl sites for hydroxylation is 2. The molecule has 0 bridgehead atoms. The molecule has 0 saturated heterocycles. The number of anilines is 1. The summed E-state index contributed by atoms with van der Waals surface area (Å²) in [4.78, 5) is 13.2. The zero-order valence-electron chi connectivity index (χ0n) is 11.9. The molecule has 0 aliphatic heterocycles. The van der Waals surface area contributed by atoms with Crippen molar-refractivity contribution < 1.29 is 0 Å². The predicted octanol–water partition coefficient (Wildman–Crippen LogP) is 2.19. The molecule has 106 valence electrons. The number of nitrogens with zero attached hydrogens (tertiary/aromatic N) is 4. The third kappa shape index (κ3) is 2.16. The van der Waals surface area contributed by atoms with E-state index in [2.05, 4.69) is 26.6 Å². The minimum atomic E-state index is 0.415. The van der Waals surface area contributed by atoms with Gasteiger partial charge in [-0.2, -0.15) is 0 Å². The largest absolute Gasteiger partial charge is 0.365 e. The molecule has 2 heterocycles. The average molecular weight is 273 g/mol. The number of pyridine rings is 1. The quantitative estimate of drug-likeness (QED) is 0.848. The highest BCUT2D eigenvalue weighted by Gasteiger charge is 2.20. The monoisotopic (exact) mass is 273 g/mol. The van der Waals surface area contributed by atoms with E-state index in [-0.39, 0.29) is 0 Å². The van der Waals surface area contributed by atoms with Crippen LogP contribution in [-0.4, -0.2) is 41.7 Å². The van der Waals surface area contributed by atoms with Crippen molar-refractivity contribution in [2.24, 2.45) is 5.18 Å². The van der Waals surface area contributed by atoms with Crippen LogP contribution >= 0.6 is 0 Å². The van der Waals surface area contributed by atoms with Crippen LogP contribution in [0.15, 0.2) is 17.3 Å². The van der Waals surface area contributed by atoms with Crippen LogP contribution in [0.2, 0.25) is 0 Å². The number of aromatic nitrogens is 2. The molecule has 1 aliphatic rings. The lowest BCUT2D eigenvalue weighted by molar-refractivity contribution is 0.425. The van der Waals surface area contributed by atoms with Crippen molar-refractivity contribution in [1.82, 2.24) is 14.5 Å². The standard InChI is InChI=1S/C14H19N5O/c1-18(2)9-8-15-14-13(17-20)12-7-6-10-4-3-5-11(10)19(12)16-14/h6-7H,3-5,8-9H2,1-2H3,(H,15,16). The van der Waals surface area contributed by atoms with E-state index in [9.17, 15) is 4.91 Å². The van der Waals surface area contributed by atoms with Crippen molar-refractivity contribution in [1.29, 1.82) is 0 Å². The van der Waals surface area contributed by atoms with Gasteiger partial charge < -0.3 is 10.2 Å². The maximum absolute atomic E-state index is 11.1. The summed E-state index contributed by atoms with van der Waals surface area (Å²) in [7, 11) is 4.02. The van der Waals surface area contributed by atoms with Crippen LogP contribution in [0.5, 0.6) is 0 Å². The minimum absolute atomic E-state index is 0.415. The molecule has 0 radical (unpaired) electrons. The Labute approximate surface area is 117 Å². The molecule has 0 amide bonds. The fourth-order valence-corrected chi connectivity index (χ4v) is 2.74. The smallest absolute Gasteiger partial charge is 0.178 e. The van der Waals surface area contributed by atoms with Crippen molar-refractivity contribution in [3.8, 4) is 0 Å². The van der Waals surface area contributed by atoms with Crippen molar-refractivity contribution in [2.45, 2.75) is 19.3 Å². The lowest BCUT2D eigenvalue weighted by Crippen LogP contribution is -2.21. The van der Waals surface area contributed by atoms with Gasteiger partial charge in [-0.3, -0.25) is 0 Å². The first kappa shape index (κ1) is 13.1. The van der Waals surface area contributed by atoms with Gasteiger partial charge in [0.05, 0.1) is 5.52 Å². The molecule has 0 aromatic carbocycles. The molecule has 6 heteroatoms. The maximum Gasteiger partial charge on any atom is 0.178 e. The molecule has 0 saturated carbocycles. The van der Waals surface area contributed by atoms with Crippen LogP contribution in [0.3, 0.4) is 0 Å². The summed E-state index contributed by atoms with van der Waals surface area (Å²) in [6.07, 6.45) is 3.27. The highest BCUT2D eigenvalue weighted by Crippen LogP contribution is 2.33. The van der Waals surface area contributed by atoms with E-state index < -0.39 is 0 Å². The summed E-state index contributed by atoms with van der Waals surface area (Å²) in [5.74, 6) is 0.585. The molecule has 1 aliphatic carbocycles. The summed E-state index contributed by atoms with van der Waals surface area (Å²) in [5, 5.41) is 10.9. The number of rotatable bonds is 5. The van der Waals surface area contributed by atoms with Gasteiger partial charge in [-0.25, -0.2) is 4.52 Å². The minimum Gasteiger partial charge on any atom is -0.365 e. The van der Waals surface area contributed by atoms with Crippen molar-refractivity contribution in [3.05, 3.63) is 28.3 Å². The third-order valence-corrected chi connectivity index (χ3v) is 3.77. The van der Waals surface area contributed by atoms with E-state index >= 15 is 0 Å². The second-order valence-corrected chi connectivity index (χ2v) is 5.47. The van der Waals surface area contributed by atoms with Gasteiger partial charge >= 0.3 is 0 Å². The second-order valence-electron chi connectivity index (χ2n) is 5.47. The van der Waals surface area contributed by atoms with E-state index in [1.54, 1.807) is 0 Å². The summed E-state index contributed by atoms with van der Waals surface area (Å²) in [5.41, 5.74) is 3.76. The van der Waals surface area contributed by atoms with Crippen LogP contribution in [-0.2, 0) is 12.8 Å². The van der Waals surface area contributed by atoms with Gasteiger partial charge in [-0.05, 0) is 50.2 Å². The molecule has 2 aromatic heterocycles. The Morgan fingerprint density at radius 1 is 1.40 bits per heavy atom. The van der Waals surface area contributed by atoms with Crippen LogP contribution in [0.25, 0.3) is 5.52 Å². The molecular weight excluding hydrogens is 254 g/mol. The SMILES string of the molecule is CN(C)CCNc1nn2c3c(ccc2c1N=O)CCC3. The molecule has 20 heavy (non-hydrogen) atoms. The molecule has 0 spiro atoms.